The van der Waals surface area contributed by atoms with Gasteiger partial charge in [-0.05, 0) is 74.6 Å². The fourth-order valence-corrected chi connectivity index (χ4v) is 5.22. The molecule has 1 N–H and O–H groups in total. The Morgan fingerprint density at radius 1 is 1.06 bits per heavy atom. The van der Waals surface area contributed by atoms with Gasteiger partial charge in [0.15, 0.2) is 0 Å². The average Bonchev–Trinajstić information content (AvgIpc) is 3.33. The summed E-state index contributed by atoms with van der Waals surface area (Å²) >= 11 is 0. The van der Waals surface area contributed by atoms with Gasteiger partial charge in [-0.15, -0.1) is 0 Å². The number of halogens is 2. The molecule has 2 amide bonds. The minimum absolute atomic E-state index is 0.103. The third-order valence-corrected chi connectivity index (χ3v) is 7.33. The number of anilines is 1. The molecule has 1 heterocycles. The van der Waals surface area contributed by atoms with Crippen molar-refractivity contribution in [2.75, 3.05) is 25.0 Å². The lowest BCUT2D eigenvalue weighted by atomic mass is 10.0. The zero-order valence-electron chi connectivity index (χ0n) is 20.2. The Morgan fingerprint density at radius 2 is 1.79 bits per heavy atom. The third-order valence-electron chi connectivity index (χ3n) is 7.33. The first kappa shape index (κ1) is 24.3. The Balaban J connectivity index is 1.44. The van der Waals surface area contributed by atoms with Gasteiger partial charge in [-0.25, -0.2) is 8.78 Å². The van der Waals surface area contributed by atoms with Gasteiger partial charge in [0.05, 0.1) is 0 Å². The van der Waals surface area contributed by atoms with E-state index in [1.165, 1.54) is 24.3 Å². The van der Waals surface area contributed by atoms with Crippen LogP contribution in [0.5, 0.6) is 0 Å². The Bertz CT molecular complexity index is 1080. The van der Waals surface area contributed by atoms with Crippen LogP contribution in [0.3, 0.4) is 0 Å². The van der Waals surface area contributed by atoms with Crippen LogP contribution in [0.25, 0.3) is 0 Å². The van der Waals surface area contributed by atoms with Gasteiger partial charge < -0.3 is 10.2 Å². The number of carbonyl (C=O) groups excluding carboxylic acids is 2. The Hall–Kier alpha value is -2.80. The van der Waals surface area contributed by atoms with Crippen molar-refractivity contribution >= 4 is 17.5 Å². The van der Waals surface area contributed by atoms with E-state index < -0.39 is 17.5 Å². The number of amides is 2. The Morgan fingerprint density at radius 3 is 2.50 bits per heavy atom. The number of carbonyl (C=O) groups is 2. The van der Waals surface area contributed by atoms with E-state index in [0.29, 0.717) is 18.8 Å². The minimum atomic E-state index is -0.468. The molecule has 0 aromatic heterocycles. The summed E-state index contributed by atoms with van der Waals surface area (Å²) in [4.78, 5) is 29.9. The molecule has 1 saturated heterocycles. The highest BCUT2D eigenvalue weighted by molar-refractivity contribution is 6.05. The van der Waals surface area contributed by atoms with Gasteiger partial charge >= 0.3 is 0 Å². The van der Waals surface area contributed by atoms with E-state index in [1.54, 1.807) is 13.0 Å². The van der Waals surface area contributed by atoms with E-state index in [9.17, 15) is 18.4 Å². The van der Waals surface area contributed by atoms with Crippen LogP contribution in [-0.2, 0) is 11.3 Å². The molecule has 1 unspecified atom stereocenters. The molecule has 34 heavy (non-hydrogen) atoms. The van der Waals surface area contributed by atoms with Gasteiger partial charge in [-0.2, -0.15) is 0 Å². The molecule has 1 saturated carbocycles. The zero-order chi connectivity index (χ0) is 24.4. The Kier molecular flexibility index (Phi) is 7.31. The van der Waals surface area contributed by atoms with Crippen LogP contribution < -0.4 is 5.32 Å². The molecule has 0 radical (unpaired) electrons. The monoisotopic (exact) mass is 469 g/mol. The van der Waals surface area contributed by atoms with Crippen LogP contribution in [0.4, 0.5) is 14.5 Å². The maximum Gasteiger partial charge on any atom is 0.256 e. The molecule has 1 aliphatic heterocycles. The first-order chi connectivity index (χ1) is 16.2. The third kappa shape index (κ3) is 5.14. The second-order valence-corrected chi connectivity index (χ2v) is 9.70. The number of hydrogen-bond acceptors (Lipinski definition) is 3. The highest BCUT2D eigenvalue weighted by atomic mass is 19.1. The summed E-state index contributed by atoms with van der Waals surface area (Å²) in [6.45, 7) is 8.12. The number of benzene rings is 2. The van der Waals surface area contributed by atoms with Crippen molar-refractivity contribution in [3.8, 4) is 0 Å². The maximum absolute atomic E-state index is 14.5. The lowest BCUT2D eigenvalue weighted by Gasteiger charge is -2.41. The van der Waals surface area contributed by atoms with Gasteiger partial charge in [0.25, 0.3) is 5.91 Å². The SMILES string of the molecule is Cc1c(CN2CCN(C(=O)C3CCCC3)C(C)C2)cc(F)cc1NC(=O)c1cccc(F)c1C. The molecule has 0 bridgehead atoms. The largest absolute Gasteiger partial charge is 0.337 e. The smallest absolute Gasteiger partial charge is 0.256 e. The molecule has 2 fully saturated rings. The summed E-state index contributed by atoms with van der Waals surface area (Å²) in [5, 5.41) is 2.76. The van der Waals surface area contributed by atoms with Crippen molar-refractivity contribution in [1.29, 1.82) is 0 Å². The fraction of sp³-hybridized carbons (Fsp3) is 0.481. The second kappa shape index (κ2) is 10.2. The van der Waals surface area contributed by atoms with Gasteiger partial charge in [0, 0.05) is 49.4 Å². The van der Waals surface area contributed by atoms with Crippen LogP contribution in [0.2, 0.25) is 0 Å². The minimum Gasteiger partial charge on any atom is -0.337 e. The predicted molar refractivity (Wildman–Crippen MR) is 129 cm³/mol. The van der Waals surface area contributed by atoms with Gasteiger partial charge in [-0.1, -0.05) is 18.9 Å². The zero-order valence-corrected chi connectivity index (χ0v) is 20.2. The number of rotatable bonds is 5. The topological polar surface area (TPSA) is 52.6 Å². The first-order valence-electron chi connectivity index (χ1n) is 12.1. The summed E-state index contributed by atoms with van der Waals surface area (Å²) in [7, 11) is 0. The predicted octanol–water partition coefficient (Wildman–Crippen LogP) is 5.06. The van der Waals surface area contributed by atoms with Crippen LogP contribution in [0.15, 0.2) is 30.3 Å². The van der Waals surface area contributed by atoms with Crippen LogP contribution >= 0.6 is 0 Å². The summed E-state index contributed by atoms with van der Waals surface area (Å²) in [6, 6.07) is 7.24. The Labute approximate surface area is 200 Å². The van der Waals surface area contributed by atoms with Gasteiger partial charge in [-0.3, -0.25) is 14.5 Å². The molecular formula is C27H33F2N3O2. The first-order valence-corrected chi connectivity index (χ1v) is 12.1. The molecule has 1 atom stereocenters. The van der Waals surface area contributed by atoms with Crippen molar-refractivity contribution in [2.24, 2.45) is 5.92 Å². The van der Waals surface area contributed by atoms with E-state index in [-0.39, 0.29) is 29.0 Å². The highest BCUT2D eigenvalue weighted by Crippen LogP contribution is 2.29. The molecule has 7 heteroatoms. The van der Waals surface area contributed by atoms with Crippen molar-refractivity contribution < 1.29 is 18.4 Å². The van der Waals surface area contributed by atoms with Gasteiger partial charge in [0.2, 0.25) is 5.91 Å². The molecule has 0 spiro atoms. The van der Waals surface area contributed by atoms with Crippen molar-refractivity contribution in [2.45, 2.75) is 59.0 Å². The van der Waals surface area contributed by atoms with Crippen LogP contribution in [0, 0.1) is 31.4 Å². The van der Waals surface area contributed by atoms with E-state index >= 15 is 0 Å². The lowest BCUT2D eigenvalue weighted by molar-refractivity contribution is -0.140. The molecule has 1 aliphatic carbocycles. The van der Waals surface area contributed by atoms with Crippen molar-refractivity contribution in [3.63, 3.8) is 0 Å². The summed E-state index contributed by atoms with van der Waals surface area (Å²) < 4.78 is 28.4. The van der Waals surface area contributed by atoms with E-state index in [4.69, 9.17) is 0 Å². The lowest BCUT2D eigenvalue weighted by Crippen LogP contribution is -2.54. The standard InChI is InChI=1S/C27H33F2N3O2/c1-17-15-31(11-12-32(17)27(34)20-7-4-5-8-20)16-21-13-22(28)14-25(18(21)2)30-26(33)23-9-6-10-24(29)19(23)3/h6,9-10,13-14,17,20H,4-5,7-8,11-12,15-16H2,1-3H3,(H,30,33). The molecule has 182 valence electrons. The summed E-state index contributed by atoms with van der Waals surface area (Å²) in [5.74, 6) is -0.903. The van der Waals surface area contributed by atoms with Crippen LogP contribution in [0.1, 0.15) is 59.7 Å². The van der Waals surface area contributed by atoms with Crippen LogP contribution in [-0.4, -0.2) is 47.3 Å². The maximum atomic E-state index is 14.5. The molecule has 2 aliphatic rings. The fourth-order valence-electron chi connectivity index (χ4n) is 5.22. The normalized spacial score (nSPS) is 19.4. The van der Waals surface area contributed by atoms with Crippen molar-refractivity contribution in [3.05, 3.63) is 64.2 Å². The second-order valence-electron chi connectivity index (χ2n) is 9.70. The quantitative estimate of drug-likeness (QED) is 0.666. The average molecular weight is 470 g/mol. The number of hydrogen-bond donors (Lipinski definition) is 1. The molecular weight excluding hydrogens is 436 g/mol. The van der Waals surface area contributed by atoms with E-state index in [0.717, 1.165) is 49.9 Å². The molecule has 4 rings (SSSR count). The number of nitrogens with one attached hydrogen (secondary N) is 1. The molecule has 5 nitrogen and oxygen atoms in total. The van der Waals surface area contributed by atoms with Crippen molar-refractivity contribution in [1.82, 2.24) is 9.80 Å². The summed E-state index contributed by atoms with van der Waals surface area (Å²) in [5.41, 5.74) is 2.43. The van der Waals surface area contributed by atoms with E-state index in [2.05, 4.69) is 17.1 Å². The van der Waals surface area contributed by atoms with E-state index in [1.807, 2.05) is 11.8 Å². The summed E-state index contributed by atoms with van der Waals surface area (Å²) in [6.07, 6.45) is 4.28. The van der Waals surface area contributed by atoms with Gasteiger partial charge in [0.1, 0.15) is 11.6 Å². The number of nitrogens with zero attached hydrogens (tertiary/aromatic N) is 2. The molecule has 2 aromatic carbocycles. The number of piperazine rings is 1. The molecule has 2 aromatic rings. The highest BCUT2D eigenvalue weighted by Gasteiger charge is 2.33.